The van der Waals surface area contributed by atoms with Crippen molar-refractivity contribution in [2.45, 2.75) is 6.54 Å². The van der Waals surface area contributed by atoms with Gasteiger partial charge in [-0.1, -0.05) is 11.6 Å². The first-order chi connectivity index (χ1) is 12.7. The number of fused-ring (bicyclic) bond motifs is 1. The highest BCUT2D eigenvalue weighted by molar-refractivity contribution is 6.32. The monoisotopic (exact) mass is 368 g/mol. The number of nitrogens with zero attached hydrogens (tertiary/aromatic N) is 5. The molecule has 1 aliphatic heterocycles. The Hall–Kier alpha value is -2.44. The number of anilines is 2. The van der Waals surface area contributed by atoms with Crippen LogP contribution in [0.2, 0.25) is 5.02 Å². The molecule has 2 aromatic heterocycles. The predicted molar refractivity (Wildman–Crippen MR) is 106 cm³/mol. The van der Waals surface area contributed by atoms with Gasteiger partial charge in [0.25, 0.3) is 0 Å². The summed E-state index contributed by atoms with van der Waals surface area (Å²) in [6, 6.07) is 5.93. The minimum absolute atomic E-state index is 0.609. The summed E-state index contributed by atoms with van der Waals surface area (Å²) in [5, 5.41) is 4.18. The molecule has 1 aliphatic rings. The van der Waals surface area contributed by atoms with E-state index in [-0.39, 0.29) is 0 Å². The Balaban J connectivity index is 1.54. The molecular formula is C19H21ClN6. The lowest BCUT2D eigenvalue weighted by Crippen LogP contribution is -2.44. The normalized spacial score (nSPS) is 15.4. The minimum atomic E-state index is 0.609. The number of hydrogen-bond acceptors (Lipinski definition) is 6. The smallest absolute Gasteiger partial charge is 0.0901 e. The maximum absolute atomic E-state index is 6.43. The first-order valence-corrected chi connectivity index (χ1v) is 9.09. The Labute approximate surface area is 157 Å². The molecule has 134 valence electrons. The van der Waals surface area contributed by atoms with Crippen LogP contribution in [0, 0.1) is 0 Å². The molecule has 0 amide bonds. The molecular weight excluding hydrogens is 348 g/mol. The van der Waals surface area contributed by atoms with Crippen LogP contribution in [0.5, 0.6) is 0 Å². The van der Waals surface area contributed by atoms with Crippen molar-refractivity contribution in [1.29, 1.82) is 0 Å². The van der Waals surface area contributed by atoms with Crippen LogP contribution in [-0.4, -0.2) is 53.1 Å². The SMILES string of the molecule is CN1CCN(c2ccncc2NCc2cc3nccnc3cc2Cl)CC1. The van der Waals surface area contributed by atoms with Crippen LogP contribution in [0.1, 0.15) is 5.56 Å². The first kappa shape index (κ1) is 17.0. The molecule has 1 fully saturated rings. The average molecular weight is 369 g/mol. The number of pyridine rings is 1. The number of nitrogens with one attached hydrogen (secondary N) is 1. The van der Waals surface area contributed by atoms with Gasteiger partial charge in [0.1, 0.15) is 0 Å². The highest BCUT2D eigenvalue weighted by atomic mass is 35.5. The van der Waals surface area contributed by atoms with E-state index in [9.17, 15) is 0 Å². The number of aromatic nitrogens is 3. The molecule has 26 heavy (non-hydrogen) atoms. The van der Waals surface area contributed by atoms with Crippen molar-refractivity contribution in [3.8, 4) is 0 Å². The van der Waals surface area contributed by atoms with Gasteiger partial charge in [-0.15, -0.1) is 0 Å². The number of rotatable bonds is 4. The fourth-order valence-corrected chi connectivity index (χ4v) is 3.43. The van der Waals surface area contributed by atoms with Crippen LogP contribution < -0.4 is 10.2 Å². The van der Waals surface area contributed by atoms with E-state index in [4.69, 9.17) is 11.6 Å². The zero-order chi connectivity index (χ0) is 17.9. The van der Waals surface area contributed by atoms with E-state index in [0.717, 1.165) is 48.5 Å². The van der Waals surface area contributed by atoms with E-state index in [1.165, 1.54) is 5.69 Å². The third kappa shape index (κ3) is 3.57. The quantitative estimate of drug-likeness (QED) is 0.763. The van der Waals surface area contributed by atoms with Gasteiger partial charge in [0, 0.05) is 56.3 Å². The summed E-state index contributed by atoms with van der Waals surface area (Å²) in [7, 11) is 2.16. The van der Waals surface area contributed by atoms with E-state index in [1.807, 2.05) is 24.5 Å². The maximum atomic E-state index is 6.43. The van der Waals surface area contributed by atoms with Crippen molar-refractivity contribution in [3.05, 3.63) is 53.6 Å². The number of piperazine rings is 1. The lowest BCUT2D eigenvalue weighted by atomic mass is 10.1. The van der Waals surface area contributed by atoms with Crippen LogP contribution in [0.15, 0.2) is 43.0 Å². The largest absolute Gasteiger partial charge is 0.378 e. The third-order valence-electron chi connectivity index (χ3n) is 4.75. The zero-order valence-corrected chi connectivity index (χ0v) is 15.4. The molecule has 0 aliphatic carbocycles. The highest BCUT2D eigenvalue weighted by Gasteiger charge is 2.17. The van der Waals surface area contributed by atoms with Gasteiger partial charge < -0.3 is 15.1 Å². The maximum Gasteiger partial charge on any atom is 0.0901 e. The second-order valence-corrected chi connectivity index (χ2v) is 6.93. The fourth-order valence-electron chi connectivity index (χ4n) is 3.20. The number of hydrogen-bond donors (Lipinski definition) is 1. The Kier molecular flexibility index (Phi) is 4.86. The van der Waals surface area contributed by atoms with Crippen LogP contribution in [0.25, 0.3) is 11.0 Å². The summed E-state index contributed by atoms with van der Waals surface area (Å²) >= 11 is 6.43. The molecule has 3 heterocycles. The Morgan fingerprint density at radius 1 is 1.04 bits per heavy atom. The van der Waals surface area contributed by atoms with Crippen molar-refractivity contribution < 1.29 is 0 Å². The molecule has 7 heteroatoms. The van der Waals surface area contributed by atoms with E-state index < -0.39 is 0 Å². The molecule has 4 rings (SSSR count). The van der Waals surface area contributed by atoms with Crippen LogP contribution >= 0.6 is 11.6 Å². The predicted octanol–water partition coefficient (Wildman–Crippen LogP) is 3.04. The highest BCUT2D eigenvalue weighted by Crippen LogP contribution is 2.28. The Morgan fingerprint density at radius 2 is 1.77 bits per heavy atom. The van der Waals surface area contributed by atoms with E-state index in [0.29, 0.717) is 11.6 Å². The summed E-state index contributed by atoms with van der Waals surface area (Å²) in [6.07, 6.45) is 7.09. The minimum Gasteiger partial charge on any atom is -0.378 e. The number of halogens is 1. The third-order valence-corrected chi connectivity index (χ3v) is 5.10. The summed E-state index contributed by atoms with van der Waals surface area (Å²) in [6.45, 7) is 4.77. The molecule has 1 saturated heterocycles. The molecule has 0 spiro atoms. The van der Waals surface area contributed by atoms with Crippen LogP contribution in [-0.2, 0) is 6.54 Å². The number of likely N-dealkylation sites (N-methyl/N-ethyl adjacent to an activating group) is 1. The average Bonchev–Trinajstić information content (AvgIpc) is 2.67. The van der Waals surface area contributed by atoms with Crippen LogP contribution in [0.4, 0.5) is 11.4 Å². The summed E-state index contributed by atoms with van der Waals surface area (Å²) < 4.78 is 0. The number of benzene rings is 1. The van der Waals surface area contributed by atoms with Gasteiger partial charge in [-0.2, -0.15) is 0 Å². The summed E-state index contributed by atoms with van der Waals surface area (Å²) in [5.74, 6) is 0. The molecule has 0 atom stereocenters. The van der Waals surface area contributed by atoms with Gasteiger partial charge >= 0.3 is 0 Å². The molecule has 3 aromatic rings. The van der Waals surface area contributed by atoms with Gasteiger partial charge in [-0.05, 0) is 30.8 Å². The van der Waals surface area contributed by atoms with E-state index in [1.54, 1.807) is 12.4 Å². The van der Waals surface area contributed by atoms with Gasteiger partial charge in [-0.25, -0.2) is 0 Å². The fraction of sp³-hybridized carbons (Fsp3) is 0.316. The van der Waals surface area contributed by atoms with E-state index >= 15 is 0 Å². The molecule has 1 aromatic carbocycles. The second-order valence-electron chi connectivity index (χ2n) is 6.53. The second kappa shape index (κ2) is 7.43. The Bertz CT molecular complexity index is 907. The molecule has 6 nitrogen and oxygen atoms in total. The molecule has 1 N–H and O–H groups in total. The van der Waals surface area contributed by atoms with Crippen molar-refractivity contribution in [2.75, 3.05) is 43.4 Å². The van der Waals surface area contributed by atoms with Crippen molar-refractivity contribution in [3.63, 3.8) is 0 Å². The van der Waals surface area contributed by atoms with Crippen molar-refractivity contribution in [1.82, 2.24) is 19.9 Å². The molecule has 0 bridgehead atoms. The zero-order valence-electron chi connectivity index (χ0n) is 14.7. The summed E-state index contributed by atoms with van der Waals surface area (Å²) in [4.78, 5) is 17.7. The molecule has 0 radical (unpaired) electrons. The van der Waals surface area contributed by atoms with Gasteiger partial charge in [0.05, 0.1) is 28.6 Å². The van der Waals surface area contributed by atoms with Crippen molar-refractivity contribution in [2.24, 2.45) is 0 Å². The lowest BCUT2D eigenvalue weighted by molar-refractivity contribution is 0.313. The van der Waals surface area contributed by atoms with Gasteiger partial charge in [0.15, 0.2) is 0 Å². The molecule has 0 unspecified atom stereocenters. The van der Waals surface area contributed by atoms with Gasteiger partial charge in [-0.3, -0.25) is 15.0 Å². The van der Waals surface area contributed by atoms with Crippen LogP contribution in [0.3, 0.4) is 0 Å². The Morgan fingerprint density at radius 3 is 2.54 bits per heavy atom. The standard InChI is InChI=1S/C19H21ClN6/c1-25-6-8-26(9-7-25)19-2-3-21-13-18(19)24-12-14-10-16-17(11-15(14)20)23-5-4-22-16/h2-5,10-11,13,24H,6-9,12H2,1H3. The lowest BCUT2D eigenvalue weighted by Gasteiger charge is -2.35. The summed E-state index contributed by atoms with van der Waals surface area (Å²) in [5.41, 5.74) is 4.85. The van der Waals surface area contributed by atoms with E-state index in [2.05, 4.69) is 43.2 Å². The first-order valence-electron chi connectivity index (χ1n) is 8.71. The topological polar surface area (TPSA) is 57.2 Å². The van der Waals surface area contributed by atoms with Gasteiger partial charge in [0.2, 0.25) is 0 Å². The molecule has 0 saturated carbocycles. The van der Waals surface area contributed by atoms with Crippen molar-refractivity contribution >= 4 is 34.0 Å².